The van der Waals surface area contributed by atoms with Crippen molar-refractivity contribution in [1.29, 1.82) is 0 Å². The zero-order valence-electron chi connectivity index (χ0n) is 15.1. The van der Waals surface area contributed by atoms with Crippen molar-refractivity contribution in [3.63, 3.8) is 0 Å². The molecule has 0 radical (unpaired) electrons. The fourth-order valence-electron chi connectivity index (χ4n) is 2.87. The van der Waals surface area contributed by atoms with Gasteiger partial charge >= 0.3 is 5.51 Å². The first kappa shape index (κ1) is 21.8. The highest BCUT2D eigenvalue weighted by atomic mass is 32.2. The number of methoxy groups -OCH3 is 1. The van der Waals surface area contributed by atoms with Crippen molar-refractivity contribution >= 4 is 11.8 Å². The van der Waals surface area contributed by atoms with Gasteiger partial charge < -0.3 is 15.2 Å². The Bertz CT molecular complexity index is 697. The molecule has 7 heteroatoms. The lowest BCUT2D eigenvalue weighted by Crippen LogP contribution is -2.34. The van der Waals surface area contributed by atoms with Gasteiger partial charge in [0.1, 0.15) is 0 Å². The van der Waals surface area contributed by atoms with E-state index < -0.39 is 11.1 Å². The maximum Gasteiger partial charge on any atom is 0.446 e. The third-order valence-electron chi connectivity index (χ3n) is 4.19. The molecule has 148 valence electrons. The number of alkyl halides is 3. The van der Waals surface area contributed by atoms with Crippen LogP contribution in [0, 0.1) is 0 Å². The zero-order valence-corrected chi connectivity index (χ0v) is 15.9. The molecule has 0 fully saturated rings. The minimum atomic E-state index is -4.37. The summed E-state index contributed by atoms with van der Waals surface area (Å²) in [6.45, 7) is 1.71. The Morgan fingerprint density at radius 1 is 1.00 bits per heavy atom. The van der Waals surface area contributed by atoms with Crippen molar-refractivity contribution in [1.82, 2.24) is 5.32 Å². The van der Waals surface area contributed by atoms with Gasteiger partial charge in [0.2, 0.25) is 0 Å². The van der Waals surface area contributed by atoms with Crippen LogP contribution in [0.3, 0.4) is 0 Å². The number of nitrogens with one attached hydrogen (secondary N) is 1. The minimum absolute atomic E-state index is 0.0994. The number of benzene rings is 2. The second kappa shape index (κ2) is 10.1. The smallest absolute Gasteiger partial charge is 0.385 e. The van der Waals surface area contributed by atoms with E-state index in [9.17, 15) is 18.3 Å². The van der Waals surface area contributed by atoms with Gasteiger partial charge in [-0.3, -0.25) is 0 Å². The first-order valence-corrected chi connectivity index (χ1v) is 9.47. The standard InChI is InChI=1S/C20H24F3NO2S/c1-26-14-13-24-12-11-19(25,17-8-3-2-4-9-17)15-16-7-5-6-10-18(16)27-20(21,22)23/h2-10,24-25H,11-15H2,1H3. The molecule has 27 heavy (non-hydrogen) atoms. The van der Waals surface area contributed by atoms with E-state index in [2.05, 4.69) is 5.32 Å². The van der Waals surface area contributed by atoms with E-state index in [1.807, 2.05) is 18.2 Å². The van der Waals surface area contributed by atoms with Crippen LogP contribution < -0.4 is 5.32 Å². The molecule has 0 spiro atoms. The molecular weight excluding hydrogens is 375 g/mol. The monoisotopic (exact) mass is 399 g/mol. The van der Waals surface area contributed by atoms with E-state index >= 15 is 0 Å². The van der Waals surface area contributed by atoms with Crippen LogP contribution >= 0.6 is 11.8 Å². The van der Waals surface area contributed by atoms with Crippen LogP contribution in [0.4, 0.5) is 13.2 Å². The van der Waals surface area contributed by atoms with Crippen molar-refractivity contribution in [3.05, 3.63) is 65.7 Å². The molecule has 2 aromatic rings. The summed E-state index contributed by atoms with van der Waals surface area (Å²) in [6, 6.07) is 15.4. The van der Waals surface area contributed by atoms with E-state index in [4.69, 9.17) is 4.74 Å². The summed E-state index contributed by atoms with van der Waals surface area (Å²) >= 11 is -0.145. The van der Waals surface area contributed by atoms with Crippen LogP contribution in [-0.2, 0) is 16.8 Å². The highest BCUT2D eigenvalue weighted by molar-refractivity contribution is 8.00. The Kier molecular flexibility index (Phi) is 8.16. The maximum atomic E-state index is 12.9. The number of aliphatic hydroxyl groups is 1. The molecule has 2 aromatic carbocycles. The fraction of sp³-hybridized carbons (Fsp3) is 0.400. The molecule has 2 rings (SSSR count). The molecule has 0 bridgehead atoms. The van der Waals surface area contributed by atoms with Crippen molar-refractivity contribution in [2.75, 3.05) is 26.8 Å². The van der Waals surface area contributed by atoms with Gasteiger partial charge in [0.15, 0.2) is 0 Å². The Morgan fingerprint density at radius 2 is 1.67 bits per heavy atom. The van der Waals surface area contributed by atoms with Crippen LogP contribution in [0.25, 0.3) is 0 Å². The molecule has 0 saturated heterocycles. The van der Waals surface area contributed by atoms with E-state index in [1.54, 1.807) is 37.4 Å². The lowest BCUT2D eigenvalue weighted by atomic mass is 9.84. The molecule has 2 N–H and O–H groups in total. The summed E-state index contributed by atoms with van der Waals surface area (Å²) in [7, 11) is 1.61. The molecule has 0 aliphatic carbocycles. The number of rotatable bonds is 10. The van der Waals surface area contributed by atoms with Gasteiger partial charge in [0, 0.05) is 25.0 Å². The lowest BCUT2D eigenvalue weighted by Gasteiger charge is -2.30. The van der Waals surface area contributed by atoms with E-state index in [1.165, 1.54) is 6.07 Å². The van der Waals surface area contributed by atoms with Crippen LogP contribution in [0.15, 0.2) is 59.5 Å². The Labute approximate surface area is 161 Å². The molecule has 0 amide bonds. The highest BCUT2D eigenvalue weighted by Gasteiger charge is 2.33. The quantitative estimate of drug-likeness (QED) is 0.460. The summed E-state index contributed by atoms with van der Waals surface area (Å²) in [4.78, 5) is 0.117. The summed E-state index contributed by atoms with van der Waals surface area (Å²) in [5, 5.41) is 14.5. The summed E-state index contributed by atoms with van der Waals surface area (Å²) in [5.74, 6) is 0. The molecule has 0 saturated carbocycles. The molecule has 3 nitrogen and oxygen atoms in total. The molecule has 1 unspecified atom stereocenters. The Hall–Kier alpha value is -1.54. The summed E-state index contributed by atoms with van der Waals surface area (Å²) in [5.41, 5.74) is -4.49. The maximum absolute atomic E-state index is 12.9. The number of ether oxygens (including phenoxy) is 1. The van der Waals surface area contributed by atoms with Gasteiger partial charge in [-0.15, -0.1) is 0 Å². The second-order valence-corrected chi connectivity index (χ2v) is 7.33. The highest BCUT2D eigenvalue weighted by Crippen LogP contribution is 2.40. The van der Waals surface area contributed by atoms with Gasteiger partial charge in [-0.05, 0) is 41.9 Å². The third-order valence-corrected chi connectivity index (χ3v) is 5.04. The summed E-state index contributed by atoms with van der Waals surface area (Å²) in [6.07, 6.45) is 0.466. The molecule has 0 aliphatic rings. The number of hydrogen-bond acceptors (Lipinski definition) is 4. The van der Waals surface area contributed by atoms with Crippen LogP contribution in [0.1, 0.15) is 17.5 Å². The largest absolute Gasteiger partial charge is 0.446 e. The SMILES string of the molecule is COCCNCCC(O)(Cc1ccccc1SC(F)(F)F)c1ccccc1. The van der Waals surface area contributed by atoms with Gasteiger partial charge in [-0.1, -0.05) is 48.5 Å². The van der Waals surface area contributed by atoms with Gasteiger partial charge in [-0.25, -0.2) is 0 Å². The van der Waals surface area contributed by atoms with E-state index in [-0.39, 0.29) is 23.1 Å². The van der Waals surface area contributed by atoms with Crippen molar-refractivity contribution in [2.24, 2.45) is 0 Å². The average molecular weight is 399 g/mol. The Balaban J connectivity index is 2.22. The number of thioether (sulfide) groups is 1. The Morgan fingerprint density at radius 3 is 2.33 bits per heavy atom. The van der Waals surface area contributed by atoms with Crippen molar-refractivity contribution in [2.45, 2.75) is 28.8 Å². The van der Waals surface area contributed by atoms with Gasteiger partial charge in [0.05, 0.1) is 12.2 Å². The summed E-state index contributed by atoms with van der Waals surface area (Å²) < 4.78 is 43.6. The molecule has 0 aliphatic heterocycles. The third kappa shape index (κ3) is 7.18. The zero-order chi connectivity index (χ0) is 19.8. The topological polar surface area (TPSA) is 41.5 Å². The lowest BCUT2D eigenvalue weighted by molar-refractivity contribution is -0.0329. The van der Waals surface area contributed by atoms with E-state index in [0.29, 0.717) is 37.2 Å². The second-order valence-electron chi connectivity index (χ2n) is 6.22. The first-order chi connectivity index (χ1) is 12.8. The van der Waals surface area contributed by atoms with Crippen molar-refractivity contribution in [3.8, 4) is 0 Å². The molecule has 0 heterocycles. The van der Waals surface area contributed by atoms with Crippen LogP contribution in [0.2, 0.25) is 0 Å². The van der Waals surface area contributed by atoms with Gasteiger partial charge in [0.25, 0.3) is 0 Å². The number of hydrogen-bond donors (Lipinski definition) is 2. The predicted molar refractivity (Wildman–Crippen MR) is 102 cm³/mol. The van der Waals surface area contributed by atoms with E-state index in [0.717, 1.165) is 0 Å². The van der Waals surface area contributed by atoms with Crippen molar-refractivity contribution < 1.29 is 23.0 Å². The van der Waals surface area contributed by atoms with Crippen LogP contribution in [0.5, 0.6) is 0 Å². The van der Waals surface area contributed by atoms with Gasteiger partial charge in [-0.2, -0.15) is 13.2 Å². The minimum Gasteiger partial charge on any atom is -0.385 e. The average Bonchev–Trinajstić information content (AvgIpc) is 2.63. The molecule has 0 aromatic heterocycles. The van der Waals surface area contributed by atoms with Crippen LogP contribution in [-0.4, -0.2) is 37.4 Å². The number of halogens is 3. The predicted octanol–water partition coefficient (Wildman–Crippen LogP) is 4.35. The molecule has 1 atom stereocenters. The first-order valence-electron chi connectivity index (χ1n) is 8.65. The molecular formula is C20H24F3NO2S. The normalized spacial score (nSPS) is 14.1. The fourth-order valence-corrected chi connectivity index (χ4v) is 3.53.